The lowest BCUT2D eigenvalue weighted by Gasteiger charge is -1.97. The molecule has 0 aromatic heterocycles. The van der Waals surface area contributed by atoms with Crippen molar-refractivity contribution in [3.8, 4) is 0 Å². The van der Waals surface area contributed by atoms with E-state index in [0.717, 1.165) is 5.57 Å². The maximum atomic E-state index is 10.8. The van der Waals surface area contributed by atoms with Crippen molar-refractivity contribution in [3.63, 3.8) is 0 Å². The highest BCUT2D eigenvalue weighted by Gasteiger charge is 1.96. The average Bonchev–Trinajstić information content (AvgIpc) is 2.01. The van der Waals surface area contributed by atoms with Gasteiger partial charge in [-0.25, -0.2) is 0 Å². The molecule has 0 heterocycles. The van der Waals surface area contributed by atoms with Crippen LogP contribution in [0.1, 0.15) is 20.3 Å². The first kappa shape index (κ1) is 9.95. The fourth-order valence-electron chi connectivity index (χ4n) is 0.548. The summed E-state index contributed by atoms with van der Waals surface area (Å²) in [7, 11) is 0. The minimum absolute atomic E-state index is 0.186. The lowest BCUT2D eigenvalue weighted by molar-refractivity contribution is -0.142. The third kappa shape index (κ3) is 5.40. The molecule has 0 atom stereocenters. The molecule has 2 heteroatoms. The summed E-state index contributed by atoms with van der Waals surface area (Å²) in [5.74, 6) is -0.186. The van der Waals surface area contributed by atoms with E-state index in [2.05, 4.69) is 6.58 Å². The molecule has 0 saturated heterocycles. The number of carbonyl (C=O) groups is 1. The third-order valence-corrected chi connectivity index (χ3v) is 1.22. The Morgan fingerprint density at radius 1 is 1.64 bits per heavy atom. The van der Waals surface area contributed by atoms with Gasteiger partial charge in [-0.1, -0.05) is 24.3 Å². The molecule has 0 bridgehead atoms. The molecule has 0 aromatic carbocycles. The van der Waals surface area contributed by atoms with E-state index in [1.54, 1.807) is 19.1 Å². The van der Waals surface area contributed by atoms with Crippen LogP contribution in [0.15, 0.2) is 24.3 Å². The number of rotatable bonds is 4. The lowest BCUT2D eigenvalue weighted by atomic mass is 10.2. The van der Waals surface area contributed by atoms with Crippen molar-refractivity contribution in [2.24, 2.45) is 0 Å². The minimum Gasteiger partial charge on any atom is -0.466 e. The van der Waals surface area contributed by atoms with Crippen LogP contribution in [0.2, 0.25) is 0 Å². The first-order valence-corrected chi connectivity index (χ1v) is 3.65. The number of ether oxygens (including phenoxy) is 1. The molecule has 0 spiro atoms. The second-order valence-electron chi connectivity index (χ2n) is 2.16. The van der Waals surface area contributed by atoms with Crippen molar-refractivity contribution >= 4 is 5.97 Å². The third-order valence-electron chi connectivity index (χ3n) is 1.22. The smallest absolute Gasteiger partial charge is 0.309 e. The summed E-state index contributed by atoms with van der Waals surface area (Å²) >= 11 is 0. The zero-order chi connectivity index (χ0) is 8.69. The zero-order valence-electron chi connectivity index (χ0n) is 7.09. The summed E-state index contributed by atoms with van der Waals surface area (Å²) in [5.41, 5.74) is 0.998. The number of carbonyl (C=O) groups excluding carboxylic acids is 1. The first-order chi connectivity index (χ1) is 5.20. The van der Waals surface area contributed by atoms with Crippen molar-refractivity contribution in [2.45, 2.75) is 20.3 Å². The molecule has 0 N–H and O–H groups in total. The topological polar surface area (TPSA) is 26.3 Å². The Labute approximate surface area is 67.6 Å². The van der Waals surface area contributed by atoms with Crippen LogP contribution in [0.4, 0.5) is 0 Å². The Kier molecular flexibility index (Phi) is 5.17. The fraction of sp³-hybridized carbons (Fsp3) is 0.444. The highest BCUT2D eigenvalue weighted by Crippen LogP contribution is 1.96. The van der Waals surface area contributed by atoms with Crippen molar-refractivity contribution in [3.05, 3.63) is 24.3 Å². The summed E-state index contributed by atoms with van der Waals surface area (Å²) < 4.78 is 4.72. The average molecular weight is 154 g/mol. The van der Waals surface area contributed by atoms with Crippen LogP contribution in [0.25, 0.3) is 0 Å². The molecule has 0 rings (SSSR count). The lowest BCUT2D eigenvalue weighted by Crippen LogP contribution is -2.01. The van der Waals surface area contributed by atoms with Gasteiger partial charge in [0, 0.05) is 0 Å². The van der Waals surface area contributed by atoms with E-state index in [4.69, 9.17) is 4.74 Å². The van der Waals surface area contributed by atoms with Gasteiger partial charge in [0.05, 0.1) is 13.0 Å². The number of hydrogen-bond donors (Lipinski definition) is 0. The van der Waals surface area contributed by atoms with Crippen LogP contribution in [0.3, 0.4) is 0 Å². The molecule has 0 fully saturated rings. The van der Waals surface area contributed by atoms with Gasteiger partial charge in [0.25, 0.3) is 0 Å². The monoisotopic (exact) mass is 154 g/mol. The maximum absolute atomic E-state index is 10.8. The van der Waals surface area contributed by atoms with Gasteiger partial charge in [-0.3, -0.25) is 4.79 Å². The summed E-state index contributed by atoms with van der Waals surface area (Å²) in [4.78, 5) is 10.8. The van der Waals surface area contributed by atoms with Crippen LogP contribution in [0, 0.1) is 0 Å². The number of hydrogen-bond acceptors (Lipinski definition) is 2. The second-order valence-corrected chi connectivity index (χ2v) is 2.16. The van der Waals surface area contributed by atoms with Crippen LogP contribution >= 0.6 is 0 Å². The Hall–Kier alpha value is -1.05. The molecule has 0 aromatic rings. The van der Waals surface area contributed by atoms with Gasteiger partial charge in [-0.15, -0.1) is 0 Å². The Morgan fingerprint density at radius 3 is 2.73 bits per heavy atom. The normalized spacial score (nSPS) is 10.9. The van der Waals surface area contributed by atoms with E-state index >= 15 is 0 Å². The molecular formula is C9H14O2. The molecule has 0 amide bonds. The SMILES string of the molecule is C=C/C(C)=C/CC(=O)OCC. The fourth-order valence-corrected chi connectivity index (χ4v) is 0.548. The quantitative estimate of drug-likeness (QED) is 0.457. The van der Waals surface area contributed by atoms with Crippen LogP contribution in [-0.4, -0.2) is 12.6 Å². The zero-order valence-corrected chi connectivity index (χ0v) is 7.09. The van der Waals surface area contributed by atoms with Crippen LogP contribution < -0.4 is 0 Å². The maximum Gasteiger partial charge on any atom is 0.309 e. The summed E-state index contributed by atoms with van der Waals surface area (Å²) in [5, 5.41) is 0. The predicted molar refractivity (Wildman–Crippen MR) is 45.2 cm³/mol. The molecule has 0 radical (unpaired) electrons. The predicted octanol–water partition coefficient (Wildman–Crippen LogP) is 2.07. The van der Waals surface area contributed by atoms with E-state index in [0.29, 0.717) is 13.0 Å². The molecule has 0 aliphatic heterocycles. The molecule has 11 heavy (non-hydrogen) atoms. The van der Waals surface area contributed by atoms with E-state index in [-0.39, 0.29) is 5.97 Å². The Bertz CT molecular complexity index is 168. The summed E-state index contributed by atoms with van der Waals surface area (Å²) in [6.45, 7) is 7.70. The molecule has 0 unspecified atom stereocenters. The number of esters is 1. The molecular weight excluding hydrogens is 140 g/mol. The molecule has 2 nitrogen and oxygen atoms in total. The number of allylic oxidation sites excluding steroid dienone is 2. The van der Waals surface area contributed by atoms with Gasteiger partial charge in [0.1, 0.15) is 0 Å². The highest BCUT2D eigenvalue weighted by molar-refractivity contribution is 5.71. The van der Waals surface area contributed by atoms with Crippen LogP contribution in [-0.2, 0) is 9.53 Å². The summed E-state index contributed by atoms with van der Waals surface area (Å²) in [6, 6.07) is 0. The molecule has 0 saturated carbocycles. The van der Waals surface area contributed by atoms with Crippen molar-refractivity contribution in [1.29, 1.82) is 0 Å². The standard InChI is InChI=1S/C9H14O2/c1-4-8(3)6-7-9(10)11-5-2/h4,6H,1,5,7H2,2-3H3/b8-6+. The van der Waals surface area contributed by atoms with Crippen molar-refractivity contribution in [2.75, 3.05) is 6.61 Å². The van der Waals surface area contributed by atoms with Gasteiger partial charge < -0.3 is 4.74 Å². The minimum atomic E-state index is -0.186. The van der Waals surface area contributed by atoms with Gasteiger partial charge >= 0.3 is 5.97 Å². The van der Waals surface area contributed by atoms with E-state index in [1.807, 2.05) is 6.92 Å². The van der Waals surface area contributed by atoms with Gasteiger partial charge in [0.2, 0.25) is 0 Å². The van der Waals surface area contributed by atoms with Gasteiger partial charge in [0.15, 0.2) is 0 Å². The molecule has 62 valence electrons. The van der Waals surface area contributed by atoms with E-state index < -0.39 is 0 Å². The Morgan fingerprint density at radius 2 is 2.27 bits per heavy atom. The van der Waals surface area contributed by atoms with Gasteiger partial charge in [-0.05, 0) is 13.8 Å². The van der Waals surface area contributed by atoms with Crippen LogP contribution in [0.5, 0.6) is 0 Å². The van der Waals surface area contributed by atoms with Gasteiger partial charge in [-0.2, -0.15) is 0 Å². The molecule has 0 aliphatic rings. The van der Waals surface area contributed by atoms with E-state index in [9.17, 15) is 4.79 Å². The van der Waals surface area contributed by atoms with Crippen molar-refractivity contribution in [1.82, 2.24) is 0 Å². The highest BCUT2D eigenvalue weighted by atomic mass is 16.5. The summed E-state index contributed by atoms with van der Waals surface area (Å²) in [6.07, 6.45) is 3.84. The Balaban J connectivity index is 3.68. The van der Waals surface area contributed by atoms with E-state index in [1.165, 1.54) is 0 Å². The first-order valence-electron chi connectivity index (χ1n) is 3.65. The second kappa shape index (κ2) is 5.71. The molecule has 0 aliphatic carbocycles. The van der Waals surface area contributed by atoms with Crippen molar-refractivity contribution < 1.29 is 9.53 Å². The largest absolute Gasteiger partial charge is 0.466 e.